The van der Waals surface area contributed by atoms with Crippen LogP contribution in [0.2, 0.25) is 0 Å². The molecule has 2 aromatic rings. The summed E-state index contributed by atoms with van der Waals surface area (Å²) in [6, 6.07) is 10.0. The molecule has 0 unspecified atom stereocenters. The summed E-state index contributed by atoms with van der Waals surface area (Å²) in [5, 5.41) is 0. The van der Waals surface area contributed by atoms with Gasteiger partial charge in [-0.3, -0.25) is 4.98 Å². The fraction of sp³-hybridized carbons (Fsp3) is 0. The predicted molar refractivity (Wildman–Crippen MR) is 58.4 cm³/mol. The van der Waals surface area contributed by atoms with E-state index in [2.05, 4.69) is 4.98 Å². The van der Waals surface area contributed by atoms with Crippen LogP contribution in [0.3, 0.4) is 0 Å². The van der Waals surface area contributed by atoms with E-state index >= 15 is 0 Å². The van der Waals surface area contributed by atoms with E-state index in [0.717, 1.165) is 17.8 Å². The highest BCUT2D eigenvalue weighted by Crippen LogP contribution is 2.18. The highest BCUT2D eigenvalue weighted by molar-refractivity contribution is 6.73. The van der Waals surface area contributed by atoms with Gasteiger partial charge in [0.1, 0.15) is 0 Å². The number of hydrogen-bond acceptors (Lipinski definition) is 1. The lowest BCUT2D eigenvalue weighted by atomic mass is 9.80. The van der Waals surface area contributed by atoms with Crippen LogP contribution in [0, 0.1) is 0 Å². The zero-order valence-electron chi connectivity index (χ0n) is 8.28. The molecular weight excluding hydrogens is 214 g/mol. The van der Waals surface area contributed by atoms with Gasteiger partial charge in [-0.2, -0.15) is 0 Å². The van der Waals surface area contributed by atoms with E-state index in [9.17, 15) is 12.9 Å². The maximum atomic E-state index is 12.5. The second kappa shape index (κ2) is 4.00. The van der Waals surface area contributed by atoms with Gasteiger partial charge in [-0.1, -0.05) is 41.9 Å². The molecule has 0 amide bonds. The van der Waals surface area contributed by atoms with Crippen molar-refractivity contribution in [3.8, 4) is 11.1 Å². The Hall–Kier alpha value is -1.78. The molecule has 0 aliphatic rings. The highest BCUT2D eigenvalue weighted by Gasteiger charge is 2.25. The van der Waals surface area contributed by atoms with Crippen LogP contribution >= 0.6 is 0 Å². The number of pyridine rings is 1. The fourth-order valence-corrected chi connectivity index (χ4v) is 1.43. The van der Waals surface area contributed by atoms with E-state index in [4.69, 9.17) is 0 Å². The molecule has 2 rings (SSSR count). The van der Waals surface area contributed by atoms with Crippen LogP contribution in [0.4, 0.5) is 12.9 Å². The molecule has 0 spiro atoms. The van der Waals surface area contributed by atoms with Crippen LogP contribution in [-0.4, -0.2) is 12.0 Å². The molecule has 0 atom stereocenters. The van der Waals surface area contributed by atoms with Crippen molar-refractivity contribution < 1.29 is 12.9 Å². The normalized spacial score (nSPS) is 11.4. The summed E-state index contributed by atoms with van der Waals surface area (Å²) in [7, 11) is 0. The quantitative estimate of drug-likeness (QED) is 0.712. The van der Waals surface area contributed by atoms with Crippen LogP contribution in [0.5, 0.6) is 0 Å². The summed E-state index contributed by atoms with van der Waals surface area (Å²) < 4.78 is 37.5. The van der Waals surface area contributed by atoms with Crippen molar-refractivity contribution in [2.24, 2.45) is 0 Å². The second-order valence-corrected chi connectivity index (χ2v) is 3.45. The summed E-state index contributed by atoms with van der Waals surface area (Å²) in [6.07, 6.45) is 2.28. The Morgan fingerprint density at radius 1 is 0.875 bits per heavy atom. The topological polar surface area (TPSA) is 12.9 Å². The molecule has 1 heterocycles. The summed E-state index contributed by atoms with van der Waals surface area (Å²) >= 11 is 0. The van der Waals surface area contributed by atoms with E-state index in [1.54, 1.807) is 24.3 Å². The average molecular weight is 222 g/mol. The van der Waals surface area contributed by atoms with E-state index in [0.29, 0.717) is 5.56 Å². The minimum absolute atomic E-state index is 0.484. The number of rotatable bonds is 2. The number of aromatic nitrogens is 1. The summed E-state index contributed by atoms with van der Waals surface area (Å²) in [5.74, 6) is 0. The number of hydrogen-bond donors (Lipinski definition) is 0. The largest absolute Gasteiger partial charge is 0.511 e. The Kier molecular flexibility index (Phi) is 2.68. The van der Waals surface area contributed by atoms with E-state index < -0.39 is 12.4 Å². The average Bonchev–Trinajstić information content (AvgIpc) is 2.29. The monoisotopic (exact) mass is 222 g/mol. The fourth-order valence-electron chi connectivity index (χ4n) is 1.43. The summed E-state index contributed by atoms with van der Waals surface area (Å²) in [5.41, 5.74) is 0.551. The van der Waals surface area contributed by atoms with Crippen LogP contribution in [0.15, 0.2) is 48.8 Å². The number of nitrogens with zero attached hydrogens (tertiary/aromatic N) is 1. The van der Waals surface area contributed by atoms with Crippen LogP contribution in [0.25, 0.3) is 11.1 Å². The van der Waals surface area contributed by atoms with E-state index in [1.165, 1.54) is 6.20 Å². The van der Waals surface area contributed by atoms with Crippen molar-refractivity contribution in [1.82, 2.24) is 4.98 Å². The second-order valence-electron chi connectivity index (χ2n) is 3.45. The van der Waals surface area contributed by atoms with Gasteiger partial charge in [0.15, 0.2) is 0 Å². The Bertz CT molecular complexity index is 482. The molecule has 82 valence electrons. The van der Waals surface area contributed by atoms with Gasteiger partial charge in [0.25, 0.3) is 0 Å². The Morgan fingerprint density at radius 2 is 1.56 bits per heavy atom. The third-order valence-electron chi connectivity index (χ3n) is 2.24. The Balaban J connectivity index is 2.45. The first kappa shape index (κ1) is 10.7. The van der Waals surface area contributed by atoms with Gasteiger partial charge in [0.05, 0.1) is 0 Å². The molecule has 5 heteroatoms. The van der Waals surface area contributed by atoms with Crippen LogP contribution < -0.4 is 5.46 Å². The van der Waals surface area contributed by atoms with Gasteiger partial charge < -0.3 is 12.9 Å². The van der Waals surface area contributed by atoms with Crippen LogP contribution in [-0.2, 0) is 0 Å². The molecule has 0 saturated carbocycles. The van der Waals surface area contributed by atoms with E-state index in [-0.39, 0.29) is 0 Å². The molecule has 0 bridgehead atoms. The molecule has 16 heavy (non-hydrogen) atoms. The first-order chi connectivity index (χ1) is 7.57. The standard InChI is InChI=1S/C11H8BF3N/c13-12(14,15)11-6-10(7-16-8-11)9-4-2-1-3-5-9/h1-8H/q-1. The molecule has 0 aliphatic heterocycles. The molecule has 1 aromatic carbocycles. The highest BCUT2D eigenvalue weighted by atomic mass is 19.4. The van der Waals surface area contributed by atoms with Crippen molar-refractivity contribution in [2.45, 2.75) is 0 Å². The molecule has 0 N–H and O–H groups in total. The first-order valence-corrected chi connectivity index (χ1v) is 4.78. The maximum Gasteiger partial charge on any atom is 0.511 e. The first-order valence-electron chi connectivity index (χ1n) is 4.78. The van der Waals surface area contributed by atoms with Gasteiger partial charge >= 0.3 is 6.98 Å². The predicted octanol–water partition coefficient (Wildman–Crippen LogP) is 2.80. The van der Waals surface area contributed by atoms with Crippen molar-refractivity contribution >= 4 is 12.4 Å². The molecule has 0 radical (unpaired) electrons. The lowest BCUT2D eigenvalue weighted by Gasteiger charge is -2.15. The minimum Gasteiger partial charge on any atom is -0.445 e. The van der Waals surface area contributed by atoms with Gasteiger partial charge in [-0.25, -0.2) is 0 Å². The molecule has 0 fully saturated rings. The maximum absolute atomic E-state index is 12.5. The third-order valence-corrected chi connectivity index (χ3v) is 2.24. The molecular formula is C11H8BF3N-. The SMILES string of the molecule is F[B-](F)(F)c1cncc(-c2ccccc2)c1. The van der Waals surface area contributed by atoms with Gasteiger partial charge in [0.2, 0.25) is 0 Å². The van der Waals surface area contributed by atoms with Gasteiger partial charge in [0, 0.05) is 6.20 Å². The third kappa shape index (κ3) is 2.24. The molecule has 0 aliphatic carbocycles. The molecule has 1 aromatic heterocycles. The van der Waals surface area contributed by atoms with E-state index in [1.807, 2.05) is 6.07 Å². The zero-order chi connectivity index (χ0) is 11.6. The summed E-state index contributed by atoms with van der Waals surface area (Å²) in [6.45, 7) is -4.98. The lowest BCUT2D eigenvalue weighted by Crippen LogP contribution is -2.34. The lowest BCUT2D eigenvalue weighted by molar-refractivity contribution is 0.500. The Morgan fingerprint density at radius 3 is 2.19 bits per heavy atom. The van der Waals surface area contributed by atoms with Gasteiger partial charge in [-0.15, -0.1) is 0 Å². The molecule has 1 nitrogen and oxygen atoms in total. The van der Waals surface area contributed by atoms with Crippen LogP contribution in [0.1, 0.15) is 0 Å². The molecule has 0 saturated heterocycles. The van der Waals surface area contributed by atoms with Crippen molar-refractivity contribution in [3.63, 3.8) is 0 Å². The smallest absolute Gasteiger partial charge is 0.445 e. The zero-order valence-corrected chi connectivity index (χ0v) is 8.28. The number of halogens is 3. The summed E-state index contributed by atoms with van der Waals surface area (Å²) in [4.78, 5) is 3.62. The van der Waals surface area contributed by atoms with Crippen molar-refractivity contribution in [3.05, 3.63) is 48.8 Å². The van der Waals surface area contributed by atoms with Crippen molar-refractivity contribution in [1.29, 1.82) is 0 Å². The number of benzene rings is 1. The van der Waals surface area contributed by atoms with Gasteiger partial charge in [-0.05, 0) is 17.3 Å². The Labute approximate surface area is 91.0 Å². The minimum atomic E-state index is -4.98. The van der Waals surface area contributed by atoms with Crippen molar-refractivity contribution in [2.75, 3.05) is 0 Å².